The van der Waals surface area contributed by atoms with Crippen molar-refractivity contribution in [2.75, 3.05) is 6.61 Å². The first-order chi connectivity index (χ1) is 8.54. The molecule has 3 atom stereocenters. The first-order valence-corrected chi connectivity index (χ1v) is 10.6. The van der Waals surface area contributed by atoms with E-state index in [2.05, 4.69) is 47.7 Å². The van der Waals surface area contributed by atoms with E-state index < -0.39 is 8.32 Å². The molecule has 1 fully saturated rings. The second kappa shape index (κ2) is 6.09. The zero-order chi connectivity index (χ0) is 14.8. The van der Waals surface area contributed by atoms with E-state index in [-0.39, 0.29) is 11.0 Å². The average molecular weight is 285 g/mol. The minimum Gasteiger partial charge on any atom is -0.417 e. The quantitative estimate of drug-likeness (QED) is 0.702. The summed E-state index contributed by atoms with van der Waals surface area (Å²) in [6.45, 7) is 16.5. The zero-order valence-corrected chi connectivity index (χ0v) is 14.9. The highest BCUT2D eigenvalue weighted by Crippen LogP contribution is 2.38. The molecule has 0 aromatic heterocycles. The summed E-state index contributed by atoms with van der Waals surface area (Å²) >= 11 is 0. The Kier molecular flexibility index (Phi) is 5.41. The van der Waals surface area contributed by atoms with E-state index in [9.17, 15) is 4.79 Å². The van der Waals surface area contributed by atoms with Crippen LogP contribution in [0.1, 0.15) is 53.9 Å². The van der Waals surface area contributed by atoms with E-state index in [1.165, 1.54) is 6.42 Å². The van der Waals surface area contributed by atoms with Gasteiger partial charge < -0.3 is 4.43 Å². The normalized spacial score (nSPS) is 27.4. The molecule has 0 aromatic rings. The van der Waals surface area contributed by atoms with E-state index in [0.29, 0.717) is 17.6 Å². The van der Waals surface area contributed by atoms with E-state index in [4.69, 9.17) is 4.43 Å². The first kappa shape index (κ1) is 16.9. The van der Waals surface area contributed by atoms with Crippen LogP contribution < -0.4 is 0 Å². The van der Waals surface area contributed by atoms with Gasteiger partial charge in [-0.3, -0.25) is 4.79 Å². The van der Waals surface area contributed by atoms with Gasteiger partial charge in [-0.25, -0.2) is 0 Å². The highest BCUT2D eigenvalue weighted by atomic mass is 28.4. The zero-order valence-electron chi connectivity index (χ0n) is 13.9. The molecule has 0 aliphatic heterocycles. The molecule has 0 unspecified atom stereocenters. The summed E-state index contributed by atoms with van der Waals surface area (Å²) in [5.41, 5.74) is 0. The average Bonchev–Trinajstić information content (AvgIpc) is 2.24. The predicted molar refractivity (Wildman–Crippen MR) is 83.8 cm³/mol. The molecule has 0 radical (unpaired) electrons. The van der Waals surface area contributed by atoms with Gasteiger partial charge in [0.2, 0.25) is 0 Å². The molecular formula is C16H32O2Si. The fraction of sp³-hybridized carbons (Fsp3) is 0.938. The number of carbonyl (C=O) groups excluding carboxylic acids is 1. The second-order valence-corrected chi connectivity index (χ2v) is 12.8. The molecule has 0 bridgehead atoms. The minimum absolute atomic E-state index is 0.237. The largest absolute Gasteiger partial charge is 0.417 e. The smallest absolute Gasteiger partial charge is 0.191 e. The van der Waals surface area contributed by atoms with Crippen molar-refractivity contribution < 1.29 is 9.22 Å². The van der Waals surface area contributed by atoms with Gasteiger partial charge in [0, 0.05) is 18.9 Å². The lowest BCUT2D eigenvalue weighted by Gasteiger charge is -2.38. The van der Waals surface area contributed by atoms with Crippen LogP contribution in [-0.4, -0.2) is 20.7 Å². The third-order valence-electron chi connectivity index (χ3n) is 5.13. The van der Waals surface area contributed by atoms with Crippen molar-refractivity contribution in [3.8, 4) is 0 Å². The van der Waals surface area contributed by atoms with Crippen molar-refractivity contribution in [1.29, 1.82) is 0 Å². The van der Waals surface area contributed by atoms with E-state index >= 15 is 0 Å². The van der Waals surface area contributed by atoms with Crippen LogP contribution in [0.15, 0.2) is 0 Å². The lowest BCUT2D eigenvalue weighted by molar-refractivity contribution is -0.128. The molecule has 0 spiro atoms. The SMILES string of the molecule is C[C@@H]1CC[C@@H]([C@H](C)CO[Si](C)(C)C(C)(C)C)C(=O)C1. The van der Waals surface area contributed by atoms with Gasteiger partial charge in [-0.1, -0.05) is 34.6 Å². The van der Waals surface area contributed by atoms with Gasteiger partial charge in [0.15, 0.2) is 8.32 Å². The molecule has 0 N–H and O–H groups in total. The number of Topliss-reactive ketones (excluding diaryl/α,β-unsaturated/α-hetero) is 1. The van der Waals surface area contributed by atoms with Gasteiger partial charge in [0.1, 0.15) is 5.78 Å². The molecule has 1 rings (SSSR count). The van der Waals surface area contributed by atoms with E-state index in [0.717, 1.165) is 19.4 Å². The molecule has 3 heteroatoms. The highest BCUT2D eigenvalue weighted by Gasteiger charge is 2.38. The van der Waals surface area contributed by atoms with Crippen molar-refractivity contribution >= 4 is 14.1 Å². The lowest BCUT2D eigenvalue weighted by Crippen LogP contribution is -2.43. The summed E-state index contributed by atoms with van der Waals surface area (Å²) in [4.78, 5) is 12.1. The molecule has 2 nitrogen and oxygen atoms in total. The van der Waals surface area contributed by atoms with Crippen LogP contribution in [0.2, 0.25) is 18.1 Å². The van der Waals surface area contributed by atoms with Crippen molar-refractivity contribution in [3.05, 3.63) is 0 Å². The summed E-state index contributed by atoms with van der Waals surface area (Å²) in [7, 11) is -1.68. The maximum absolute atomic E-state index is 12.1. The summed E-state index contributed by atoms with van der Waals surface area (Å²) in [6.07, 6.45) is 3.03. The maximum Gasteiger partial charge on any atom is 0.191 e. The third-order valence-corrected chi connectivity index (χ3v) is 9.63. The van der Waals surface area contributed by atoms with Crippen molar-refractivity contribution in [3.63, 3.8) is 0 Å². The Labute approximate surface area is 120 Å². The monoisotopic (exact) mass is 284 g/mol. The van der Waals surface area contributed by atoms with Crippen molar-refractivity contribution in [2.24, 2.45) is 17.8 Å². The van der Waals surface area contributed by atoms with Gasteiger partial charge in [-0.2, -0.15) is 0 Å². The van der Waals surface area contributed by atoms with Crippen molar-refractivity contribution in [2.45, 2.75) is 72.0 Å². The number of rotatable bonds is 4. The van der Waals surface area contributed by atoms with Crippen LogP contribution in [-0.2, 0) is 9.22 Å². The Bertz CT molecular complexity index is 317. The van der Waals surface area contributed by atoms with Crippen LogP contribution in [0.4, 0.5) is 0 Å². The number of hydrogen-bond acceptors (Lipinski definition) is 2. The second-order valence-electron chi connectivity index (χ2n) is 8.01. The predicted octanol–water partition coefficient (Wildman–Crippen LogP) is 4.65. The molecule has 0 saturated heterocycles. The summed E-state index contributed by atoms with van der Waals surface area (Å²) in [5, 5.41) is 0.248. The Morgan fingerprint density at radius 1 is 1.32 bits per heavy atom. The van der Waals surface area contributed by atoms with Gasteiger partial charge in [0.05, 0.1) is 0 Å². The minimum atomic E-state index is -1.68. The fourth-order valence-corrected chi connectivity index (χ4v) is 3.61. The molecule has 1 aliphatic rings. The van der Waals surface area contributed by atoms with Crippen molar-refractivity contribution in [1.82, 2.24) is 0 Å². The van der Waals surface area contributed by atoms with Crippen LogP contribution in [0.25, 0.3) is 0 Å². The molecule has 1 saturated carbocycles. The molecule has 0 aromatic carbocycles. The summed E-state index contributed by atoms with van der Waals surface area (Å²) in [5.74, 6) is 1.65. The molecule has 112 valence electrons. The molecular weight excluding hydrogens is 252 g/mol. The number of carbonyl (C=O) groups is 1. The Hall–Kier alpha value is -0.153. The molecule has 0 amide bonds. The summed E-state index contributed by atoms with van der Waals surface area (Å²) < 4.78 is 6.27. The Balaban J connectivity index is 2.52. The lowest BCUT2D eigenvalue weighted by atomic mass is 9.76. The molecule has 19 heavy (non-hydrogen) atoms. The molecule has 0 heterocycles. The van der Waals surface area contributed by atoms with Gasteiger partial charge >= 0.3 is 0 Å². The topological polar surface area (TPSA) is 26.3 Å². The Morgan fingerprint density at radius 3 is 2.37 bits per heavy atom. The van der Waals surface area contributed by atoms with E-state index in [1.54, 1.807) is 0 Å². The standard InChI is InChI=1S/C16H32O2Si/c1-12-8-9-14(15(17)10-12)13(2)11-18-19(6,7)16(3,4)5/h12-14H,8-11H2,1-7H3/t12-,13-,14+/m1/s1. The summed E-state index contributed by atoms with van der Waals surface area (Å²) in [6, 6.07) is 0. The number of hydrogen-bond donors (Lipinski definition) is 0. The van der Waals surface area contributed by atoms with Crippen LogP contribution in [0.5, 0.6) is 0 Å². The van der Waals surface area contributed by atoms with Crippen LogP contribution >= 0.6 is 0 Å². The Morgan fingerprint density at radius 2 is 1.89 bits per heavy atom. The van der Waals surface area contributed by atoms with Gasteiger partial charge in [-0.15, -0.1) is 0 Å². The van der Waals surface area contributed by atoms with E-state index in [1.807, 2.05) is 0 Å². The third kappa shape index (κ3) is 4.42. The van der Waals surface area contributed by atoms with Gasteiger partial charge in [0.25, 0.3) is 0 Å². The van der Waals surface area contributed by atoms with Gasteiger partial charge in [-0.05, 0) is 42.8 Å². The first-order valence-electron chi connectivity index (χ1n) is 7.71. The fourth-order valence-electron chi connectivity index (χ4n) is 2.50. The van der Waals surface area contributed by atoms with Crippen LogP contribution in [0.3, 0.4) is 0 Å². The number of ketones is 1. The highest BCUT2D eigenvalue weighted by molar-refractivity contribution is 6.74. The molecule has 1 aliphatic carbocycles. The van der Waals surface area contributed by atoms with Crippen LogP contribution in [0, 0.1) is 17.8 Å². The maximum atomic E-state index is 12.1.